The molecule has 0 saturated heterocycles. The zero-order valence-corrected chi connectivity index (χ0v) is 13.1. The molecule has 0 spiro atoms. The van der Waals surface area contributed by atoms with Crippen LogP contribution in [0.3, 0.4) is 0 Å². The molecule has 0 radical (unpaired) electrons. The van der Waals surface area contributed by atoms with E-state index in [1.807, 2.05) is 17.5 Å². The molecule has 21 heavy (non-hydrogen) atoms. The van der Waals surface area contributed by atoms with Gasteiger partial charge in [-0.05, 0) is 23.8 Å². The Bertz CT molecular complexity index is 566. The van der Waals surface area contributed by atoms with Crippen LogP contribution in [0.4, 0.5) is 0 Å². The smallest absolute Gasteiger partial charge is 0.322 e. The summed E-state index contributed by atoms with van der Waals surface area (Å²) in [6.07, 6.45) is 0.693. The van der Waals surface area contributed by atoms with Crippen LogP contribution < -0.4 is 5.32 Å². The Labute approximate surface area is 127 Å². The Balaban J connectivity index is 1.96. The highest BCUT2D eigenvalue weighted by molar-refractivity contribution is 7.13. The van der Waals surface area contributed by atoms with Gasteiger partial charge in [0.05, 0.1) is 18.5 Å². The summed E-state index contributed by atoms with van der Waals surface area (Å²) in [6.45, 7) is 4.45. The summed E-state index contributed by atoms with van der Waals surface area (Å²) >= 11 is 1.55. The van der Waals surface area contributed by atoms with Gasteiger partial charge in [-0.1, -0.05) is 25.1 Å². The number of rotatable bonds is 7. The lowest BCUT2D eigenvalue weighted by molar-refractivity contribution is -0.143. The van der Waals surface area contributed by atoms with Gasteiger partial charge in [0.2, 0.25) is 11.7 Å². The van der Waals surface area contributed by atoms with E-state index in [0.29, 0.717) is 30.6 Å². The molecule has 6 nitrogen and oxygen atoms in total. The molecule has 0 aromatic carbocycles. The maximum atomic E-state index is 11.7. The molecule has 0 fully saturated rings. The van der Waals surface area contributed by atoms with Crippen LogP contribution in [-0.2, 0) is 16.1 Å². The molecule has 0 saturated carbocycles. The molecule has 7 heteroatoms. The van der Waals surface area contributed by atoms with E-state index in [0.717, 1.165) is 4.88 Å². The minimum absolute atomic E-state index is 0.276. The van der Waals surface area contributed by atoms with Crippen LogP contribution in [0.15, 0.2) is 22.0 Å². The number of esters is 1. The van der Waals surface area contributed by atoms with E-state index in [-0.39, 0.29) is 12.0 Å². The Kier molecular flexibility index (Phi) is 5.46. The predicted octanol–water partition coefficient (Wildman–Crippen LogP) is 2.48. The summed E-state index contributed by atoms with van der Waals surface area (Å²) in [4.78, 5) is 17.0. The maximum absolute atomic E-state index is 11.7. The van der Waals surface area contributed by atoms with Crippen LogP contribution in [-0.4, -0.2) is 29.3 Å². The van der Waals surface area contributed by atoms with Gasteiger partial charge in [-0.25, -0.2) is 0 Å². The fourth-order valence-corrected chi connectivity index (χ4v) is 2.57. The maximum Gasteiger partial charge on any atom is 0.322 e. The first-order chi connectivity index (χ1) is 10.1. The first-order valence-electron chi connectivity index (χ1n) is 6.77. The molecule has 2 rings (SSSR count). The third-order valence-corrected chi connectivity index (χ3v) is 3.77. The molecule has 114 valence electrons. The fourth-order valence-electron chi connectivity index (χ4n) is 1.92. The molecular weight excluding hydrogens is 290 g/mol. The fraction of sp³-hybridized carbons (Fsp3) is 0.500. The molecule has 0 aliphatic carbocycles. The molecule has 0 bridgehead atoms. The summed E-state index contributed by atoms with van der Waals surface area (Å²) in [6, 6.07) is 3.50. The van der Waals surface area contributed by atoms with Crippen LogP contribution in [0.5, 0.6) is 0 Å². The molecule has 1 unspecified atom stereocenters. The van der Waals surface area contributed by atoms with Crippen molar-refractivity contribution < 1.29 is 14.1 Å². The SMILES string of the molecule is COC(=O)C(CC(C)C)NCc1nc(-c2cccs2)no1. The number of aromatic nitrogens is 2. The lowest BCUT2D eigenvalue weighted by Gasteiger charge is -2.17. The van der Waals surface area contributed by atoms with Gasteiger partial charge in [0.15, 0.2) is 0 Å². The third kappa shape index (κ3) is 4.37. The van der Waals surface area contributed by atoms with Crippen LogP contribution >= 0.6 is 11.3 Å². The number of hydrogen-bond donors (Lipinski definition) is 1. The van der Waals surface area contributed by atoms with Gasteiger partial charge < -0.3 is 9.26 Å². The molecule has 2 aromatic heterocycles. The largest absolute Gasteiger partial charge is 0.468 e. The molecule has 0 amide bonds. The van der Waals surface area contributed by atoms with Gasteiger partial charge >= 0.3 is 5.97 Å². The number of thiophene rings is 1. The van der Waals surface area contributed by atoms with Crippen molar-refractivity contribution in [2.45, 2.75) is 32.9 Å². The second kappa shape index (κ2) is 7.33. The van der Waals surface area contributed by atoms with E-state index >= 15 is 0 Å². The first kappa shape index (κ1) is 15.7. The number of methoxy groups -OCH3 is 1. The van der Waals surface area contributed by atoms with Crippen LogP contribution in [0, 0.1) is 5.92 Å². The van der Waals surface area contributed by atoms with Crippen molar-refractivity contribution in [3.05, 3.63) is 23.4 Å². The number of nitrogens with one attached hydrogen (secondary N) is 1. The predicted molar refractivity (Wildman–Crippen MR) is 79.7 cm³/mol. The quantitative estimate of drug-likeness (QED) is 0.792. The van der Waals surface area contributed by atoms with Gasteiger partial charge in [-0.15, -0.1) is 11.3 Å². The molecule has 0 aliphatic rings. The minimum Gasteiger partial charge on any atom is -0.468 e. The average Bonchev–Trinajstić information content (AvgIpc) is 3.12. The topological polar surface area (TPSA) is 77.2 Å². The van der Waals surface area contributed by atoms with Crippen molar-refractivity contribution in [2.75, 3.05) is 7.11 Å². The van der Waals surface area contributed by atoms with E-state index in [4.69, 9.17) is 9.26 Å². The molecule has 1 atom stereocenters. The second-order valence-corrected chi connectivity index (χ2v) is 6.02. The Morgan fingerprint density at radius 3 is 2.95 bits per heavy atom. The average molecular weight is 309 g/mol. The number of carbonyl (C=O) groups excluding carboxylic acids is 1. The van der Waals surface area contributed by atoms with Gasteiger partial charge in [0.1, 0.15) is 6.04 Å². The number of hydrogen-bond acceptors (Lipinski definition) is 7. The van der Waals surface area contributed by atoms with Gasteiger partial charge in [0, 0.05) is 0 Å². The normalized spacial score (nSPS) is 12.6. The van der Waals surface area contributed by atoms with Crippen molar-refractivity contribution in [1.82, 2.24) is 15.5 Å². The third-order valence-electron chi connectivity index (χ3n) is 2.90. The van der Waals surface area contributed by atoms with Crippen molar-refractivity contribution in [3.63, 3.8) is 0 Å². The monoisotopic (exact) mass is 309 g/mol. The summed E-state index contributed by atoms with van der Waals surface area (Å²) in [7, 11) is 1.39. The molecule has 2 heterocycles. The first-order valence-corrected chi connectivity index (χ1v) is 7.65. The number of nitrogens with zero attached hydrogens (tertiary/aromatic N) is 2. The number of carbonyl (C=O) groups is 1. The van der Waals surface area contributed by atoms with Crippen molar-refractivity contribution in [3.8, 4) is 10.7 Å². The summed E-state index contributed by atoms with van der Waals surface area (Å²) < 4.78 is 9.99. The van der Waals surface area contributed by atoms with Crippen molar-refractivity contribution in [2.24, 2.45) is 5.92 Å². The lowest BCUT2D eigenvalue weighted by atomic mass is 10.0. The molecule has 1 N–H and O–H groups in total. The van der Waals surface area contributed by atoms with Crippen molar-refractivity contribution >= 4 is 17.3 Å². The molecular formula is C14H19N3O3S. The van der Waals surface area contributed by atoms with Gasteiger partial charge in [-0.3, -0.25) is 10.1 Å². The summed E-state index contributed by atoms with van der Waals surface area (Å²) in [5.74, 6) is 1.13. The van der Waals surface area contributed by atoms with Gasteiger partial charge in [-0.2, -0.15) is 4.98 Å². The Morgan fingerprint density at radius 2 is 2.33 bits per heavy atom. The van der Waals surface area contributed by atoms with Gasteiger partial charge in [0.25, 0.3) is 0 Å². The zero-order valence-electron chi connectivity index (χ0n) is 12.3. The molecule has 0 aliphatic heterocycles. The van der Waals surface area contributed by atoms with E-state index in [9.17, 15) is 4.79 Å². The number of ether oxygens (including phenoxy) is 1. The summed E-state index contributed by atoms with van der Waals surface area (Å²) in [5.41, 5.74) is 0. The van der Waals surface area contributed by atoms with E-state index in [2.05, 4.69) is 29.3 Å². The minimum atomic E-state index is -0.368. The van der Waals surface area contributed by atoms with E-state index in [1.54, 1.807) is 11.3 Å². The second-order valence-electron chi connectivity index (χ2n) is 5.08. The Morgan fingerprint density at radius 1 is 1.52 bits per heavy atom. The summed E-state index contributed by atoms with van der Waals surface area (Å²) in [5, 5.41) is 9.00. The van der Waals surface area contributed by atoms with E-state index in [1.165, 1.54) is 7.11 Å². The highest BCUT2D eigenvalue weighted by Crippen LogP contribution is 2.21. The zero-order chi connectivity index (χ0) is 15.2. The van der Waals surface area contributed by atoms with Crippen molar-refractivity contribution in [1.29, 1.82) is 0 Å². The van der Waals surface area contributed by atoms with Crippen LogP contribution in [0.25, 0.3) is 10.7 Å². The van der Waals surface area contributed by atoms with Crippen LogP contribution in [0.2, 0.25) is 0 Å². The Hall–Kier alpha value is -1.73. The lowest BCUT2D eigenvalue weighted by Crippen LogP contribution is -2.38. The van der Waals surface area contributed by atoms with Crippen LogP contribution in [0.1, 0.15) is 26.2 Å². The highest BCUT2D eigenvalue weighted by Gasteiger charge is 2.21. The highest BCUT2D eigenvalue weighted by atomic mass is 32.1. The molecule has 2 aromatic rings. The van der Waals surface area contributed by atoms with E-state index < -0.39 is 0 Å². The standard InChI is InChI=1S/C14H19N3O3S/c1-9(2)7-10(14(18)19-3)15-8-12-16-13(17-20-12)11-5-4-6-21-11/h4-6,9-10,15H,7-8H2,1-3H3.